The molecular formula is C9H14ClN3O. The molecule has 0 aliphatic rings. The number of ether oxygens (including phenoxy) is 1. The first-order chi connectivity index (χ1) is 6.70. The second-order valence-corrected chi connectivity index (χ2v) is 3.40. The molecule has 0 fully saturated rings. The van der Waals surface area contributed by atoms with Crippen LogP contribution < -0.4 is 5.32 Å². The van der Waals surface area contributed by atoms with Crippen LogP contribution in [0.1, 0.15) is 13.8 Å². The summed E-state index contributed by atoms with van der Waals surface area (Å²) in [6.45, 7) is 5.30. The molecule has 5 heteroatoms. The highest BCUT2D eigenvalue weighted by Gasteiger charge is 2.00. The van der Waals surface area contributed by atoms with Crippen molar-refractivity contribution in [2.45, 2.75) is 20.0 Å². The Balaban J connectivity index is 2.28. The average molecular weight is 216 g/mol. The highest BCUT2D eigenvalue weighted by Crippen LogP contribution is 2.13. The molecule has 14 heavy (non-hydrogen) atoms. The second-order valence-electron chi connectivity index (χ2n) is 3.04. The van der Waals surface area contributed by atoms with Crippen LogP contribution in [-0.4, -0.2) is 29.2 Å². The van der Waals surface area contributed by atoms with E-state index in [9.17, 15) is 0 Å². The SMILES string of the molecule is CC(C)OCCNc1nccnc1Cl. The van der Waals surface area contributed by atoms with E-state index in [0.29, 0.717) is 24.1 Å². The normalized spacial score (nSPS) is 10.6. The van der Waals surface area contributed by atoms with Crippen molar-refractivity contribution >= 4 is 17.4 Å². The zero-order chi connectivity index (χ0) is 10.4. The highest BCUT2D eigenvalue weighted by molar-refractivity contribution is 6.31. The van der Waals surface area contributed by atoms with Crippen LogP contribution in [0, 0.1) is 0 Å². The molecule has 1 rings (SSSR count). The van der Waals surface area contributed by atoms with Gasteiger partial charge in [-0.05, 0) is 13.8 Å². The summed E-state index contributed by atoms with van der Waals surface area (Å²) in [5.41, 5.74) is 0. The molecule has 1 aromatic heterocycles. The zero-order valence-corrected chi connectivity index (χ0v) is 9.08. The molecule has 0 atom stereocenters. The Bertz CT molecular complexity index is 281. The molecule has 78 valence electrons. The van der Waals surface area contributed by atoms with Gasteiger partial charge in [0.1, 0.15) is 0 Å². The Hall–Kier alpha value is -0.870. The lowest BCUT2D eigenvalue weighted by molar-refractivity contribution is 0.0870. The summed E-state index contributed by atoms with van der Waals surface area (Å²) in [5.74, 6) is 0.599. The minimum Gasteiger partial charge on any atom is -0.377 e. The van der Waals surface area contributed by atoms with Crippen LogP contribution in [0.4, 0.5) is 5.82 Å². The summed E-state index contributed by atoms with van der Waals surface area (Å²) < 4.78 is 5.35. The van der Waals surface area contributed by atoms with Crippen molar-refractivity contribution in [2.75, 3.05) is 18.5 Å². The molecule has 1 heterocycles. The maximum absolute atomic E-state index is 5.79. The molecule has 0 aliphatic heterocycles. The van der Waals surface area contributed by atoms with Crippen LogP contribution >= 0.6 is 11.6 Å². The molecule has 0 unspecified atom stereocenters. The fourth-order valence-electron chi connectivity index (χ4n) is 0.904. The maximum Gasteiger partial charge on any atom is 0.171 e. The van der Waals surface area contributed by atoms with Gasteiger partial charge in [0.25, 0.3) is 0 Å². The number of rotatable bonds is 5. The van der Waals surface area contributed by atoms with Crippen molar-refractivity contribution in [3.05, 3.63) is 17.5 Å². The monoisotopic (exact) mass is 215 g/mol. The summed E-state index contributed by atoms with van der Waals surface area (Å²) in [6, 6.07) is 0. The van der Waals surface area contributed by atoms with E-state index >= 15 is 0 Å². The first-order valence-corrected chi connectivity index (χ1v) is 4.90. The van der Waals surface area contributed by atoms with Crippen molar-refractivity contribution in [1.82, 2.24) is 9.97 Å². The van der Waals surface area contributed by atoms with Crippen LogP contribution in [0.5, 0.6) is 0 Å². The fourth-order valence-corrected chi connectivity index (χ4v) is 1.08. The van der Waals surface area contributed by atoms with Crippen LogP contribution in [0.25, 0.3) is 0 Å². The van der Waals surface area contributed by atoms with E-state index in [1.807, 2.05) is 13.8 Å². The van der Waals surface area contributed by atoms with E-state index < -0.39 is 0 Å². The van der Waals surface area contributed by atoms with E-state index in [2.05, 4.69) is 15.3 Å². The van der Waals surface area contributed by atoms with Gasteiger partial charge in [-0.3, -0.25) is 0 Å². The van der Waals surface area contributed by atoms with Crippen LogP contribution in [0.2, 0.25) is 5.15 Å². The third kappa shape index (κ3) is 3.89. The summed E-state index contributed by atoms with van der Waals surface area (Å²) in [7, 11) is 0. The quantitative estimate of drug-likeness (QED) is 0.763. The number of nitrogens with one attached hydrogen (secondary N) is 1. The van der Waals surface area contributed by atoms with Gasteiger partial charge in [0, 0.05) is 18.9 Å². The zero-order valence-electron chi connectivity index (χ0n) is 8.33. The van der Waals surface area contributed by atoms with Gasteiger partial charge in [0.15, 0.2) is 11.0 Å². The van der Waals surface area contributed by atoms with Crippen LogP contribution in [0.3, 0.4) is 0 Å². The topological polar surface area (TPSA) is 47.0 Å². The first kappa shape index (κ1) is 11.2. The Morgan fingerprint density at radius 3 is 2.79 bits per heavy atom. The van der Waals surface area contributed by atoms with Crippen molar-refractivity contribution in [3.8, 4) is 0 Å². The summed E-state index contributed by atoms with van der Waals surface area (Å²) >= 11 is 5.79. The number of hydrogen-bond donors (Lipinski definition) is 1. The van der Waals surface area contributed by atoms with Gasteiger partial charge >= 0.3 is 0 Å². The van der Waals surface area contributed by atoms with Gasteiger partial charge in [0.05, 0.1) is 12.7 Å². The molecule has 1 N–H and O–H groups in total. The van der Waals surface area contributed by atoms with Crippen molar-refractivity contribution in [1.29, 1.82) is 0 Å². The summed E-state index contributed by atoms with van der Waals surface area (Å²) in [5, 5.41) is 3.42. The van der Waals surface area contributed by atoms with Crippen LogP contribution in [0.15, 0.2) is 12.4 Å². The number of aromatic nitrogens is 2. The van der Waals surface area contributed by atoms with E-state index in [1.54, 1.807) is 12.4 Å². The largest absolute Gasteiger partial charge is 0.377 e. The van der Waals surface area contributed by atoms with E-state index in [1.165, 1.54) is 0 Å². The molecule has 1 aromatic rings. The molecule has 0 radical (unpaired) electrons. The predicted octanol–water partition coefficient (Wildman–Crippen LogP) is 1.97. The average Bonchev–Trinajstić information content (AvgIpc) is 2.15. The molecule has 0 saturated carbocycles. The Labute approximate surface area is 88.7 Å². The van der Waals surface area contributed by atoms with Gasteiger partial charge in [-0.15, -0.1) is 0 Å². The Morgan fingerprint density at radius 2 is 2.14 bits per heavy atom. The standard InChI is InChI=1S/C9H14ClN3O/c1-7(2)14-6-5-13-9-8(10)11-3-4-12-9/h3-4,7H,5-6H2,1-2H3,(H,12,13). The number of nitrogens with zero attached hydrogens (tertiary/aromatic N) is 2. The second kappa shape index (κ2) is 5.78. The van der Waals surface area contributed by atoms with Gasteiger partial charge in [-0.2, -0.15) is 0 Å². The molecular weight excluding hydrogens is 202 g/mol. The lowest BCUT2D eigenvalue weighted by atomic mass is 10.5. The Kier molecular flexibility index (Phi) is 4.62. The molecule has 4 nitrogen and oxygen atoms in total. The minimum atomic E-state index is 0.245. The third-order valence-electron chi connectivity index (χ3n) is 1.50. The van der Waals surface area contributed by atoms with Crippen molar-refractivity contribution < 1.29 is 4.74 Å². The maximum atomic E-state index is 5.79. The highest BCUT2D eigenvalue weighted by atomic mass is 35.5. The molecule has 0 aliphatic carbocycles. The van der Waals surface area contributed by atoms with Gasteiger partial charge < -0.3 is 10.1 Å². The third-order valence-corrected chi connectivity index (χ3v) is 1.78. The van der Waals surface area contributed by atoms with E-state index in [-0.39, 0.29) is 6.10 Å². The van der Waals surface area contributed by atoms with Crippen molar-refractivity contribution in [2.24, 2.45) is 0 Å². The first-order valence-electron chi connectivity index (χ1n) is 4.52. The van der Waals surface area contributed by atoms with E-state index in [0.717, 1.165) is 0 Å². The Morgan fingerprint density at radius 1 is 1.43 bits per heavy atom. The van der Waals surface area contributed by atoms with Gasteiger partial charge in [-0.1, -0.05) is 11.6 Å². The van der Waals surface area contributed by atoms with E-state index in [4.69, 9.17) is 16.3 Å². The predicted molar refractivity (Wildman–Crippen MR) is 56.6 cm³/mol. The number of halogens is 1. The summed E-state index contributed by atoms with van der Waals surface area (Å²) in [6.07, 6.45) is 3.39. The molecule has 0 aromatic carbocycles. The number of hydrogen-bond acceptors (Lipinski definition) is 4. The molecule has 0 amide bonds. The summed E-state index contributed by atoms with van der Waals surface area (Å²) in [4.78, 5) is 7.93. The molecule has 0 bridgehead atoms. The number of anilines is 1. The molecule has 0 spiro atoms. The fraction of sp³-hybridized carbons (Fsp3) is 0.556. The molecule has 0 saturated heterocycles. The van der Waals surface area contributed by atoms with Gasteiger partial charge in [-0.25, -0.2) is 9.97 Å². The van der Waals surface area contributed by atoms with Crippen molar-refractivity contribution in [3.63, 3.8) is 0 Å². The smallest absolute Gasteiger partial charge is 0.171 e. The van der Waals surface area contributed by atoms with Gasteiger partial charge in [0.2, 0.25) is 0 Å². The lowest BCUT2D eigenvalue weighted by Gasteiger charge is -2.09. The lowest BCUT2D eigenvalue weighted by Crippen LogP contribution is -2.14. The van der Waals surface area contributed by atoms with Crippen LogP contribution in [-0.2, 0) is 4.74 Å². The minimum absolute atomic E-state index is 0.245.